The second-order valence-electron chi connectivity index (χ2n) is 5.42. The van der Waals surface area contributed by atoms with E-state index in [0.29, 0.717) is 11.6 Å². The van der Waals surface area contributed by atoms with E-state index in [4.69, 9.17) is 5.26 Å². The molecular formula is C16H22N3. The van der Waals surface area contributed by atoms with Crippen molar-refractivity contribution in [2.24, 2.45) is 0 Å². The van der Waals surface area contributed by atoms with Gasteiger partial charge in [0.1, 0.15) is 0 Å². The maximum atomic E-state index is 8.96. The summed E-state index contributed by atoms with van der Waals surface area (Å²) in [4.78, 5) is 4.89. The molecular weight excluding hydrogens is 234 g/mol. The Morgan fingerprint density at radius 3 is 2.37 bits per heavy atom. The molecule has 1 aliphatic rings. The van der Waals surface area contributed by atoms with Gasteiger partial charge in [0.25, 0.3) is 0 Å². The van der Waals surface area contributed by atoms with Crippen LogP contribution in [0, 0.1) is 18.3 Å². The van der Waals surface area contributed by atoms with Crippen LogP contribution in [-0.4, -0.2) is 42.0 Å². The molecule has 19 heavy (non-hydrogen) atoms. The highest BCUT2D eigenvalue weighted by molar-refractivity contribution is 5.34. The van der Waals surface area contributed by atoms with Gasteiger partial charge in [-0.3, -0.25) is 9.80 Å². The average molecular weight is 256 g/mol. The molecule has 0 N–H and O–H groups in total. The Morgan fingerprint density at radius 1 is 1.16 bits per heavy atom. The number of benzene rings is 1. The van der Waals surface area contributed by atoms with Gasteiger partial charge in [-0.25, -0.2) is 0 Å². The summed E-state index contributed by atoms with van der Waals surface area (Å²) in [5.41, 5.74) is 1.85. The van der Waals surface area contributed by atoms with Gasteiger partial charge in [0, 0.05) is 38.3 Å². The van der Waals surface area contributed by atoms with Crippen LogP contribution >= 0.6 is 0 Å². The quantitative estimate of drug-likeness (QED) is 0.832. The molecule has 101 valence electrons. The summed E-state index contributed by atoms with van der Waals surface area (Å²) in [6.07, 6.45) is 0. The molecule has 1 heterocycles. The first-order valence-electron chi connectivity index (χ1n) is 6.93. The van der Waals surface area contributed by atoms with Gasteiger partial charge in [-0.1, -0.05) is 12.1 Å². The lowest BCUT2D eigenvalue weighted by Gasteiger charge is -2.39. The van der Waals surface area contributed by atoms with Gasteiger partial charge in [-0.2, -0.15) is 5.26 Å². The minimum Gasteiger partial charge on any atom is -0.298 e. The van der Waals surface area contributed by atoms with E-state index >= 15 is 0 Å². The standard InChI is InChI=1S/C16H22N3/c1-13(2)18-7-9-19(10-8-18)14(3)16-6-4-5-15(11-16)12-17/h4-6,11,13-14H,3,7-10H2,1-2H3. The largest absolute Gasteiger partial charge is 0.298 e. The summed E-state index contributed by atoms with van der Waals surface area (Å²) < 4.78 is 0. The van der Waals surface area contributed by atoms with Gasteiger partial charge >= 0.3 is 0 Å². The molecule has 3 nitrogen and oxygen atoms in total. The first kappa shape index (κ1) is 14.0. The molecule has 1 aromatic rings. The fraction of sp³-hybridized carbons (Fsp3) is 0.500. The fourth-order valence-corrected chi connectivity index (χ4v) is 2.59. The lowest BCUT2D eigenvalue weighted by atomic mass is 10.0. The second kappa shape index (κ2) is 6.18. The average Bonchev–Trinajstić information content (AvgIpc) is 2.46. The Balaban J connectivity index is 2.01. The monoisotopic (exact) mass is 256 g/mol. The van der Waals surface area contributed by atoms with Gasteiger partial charge in [0.15, 0.2) is 0 Å². The topological polar surface area (TPSA) is 30.3 Å². The van der Waals surface area contributed by atoms with Gasteiger partial charge in [0.05, 0.1) is 11.6 Å². The van der Waals surface area contributed by atoms with Crippen LogP contribution in [0.2, 0.25) is 0 Å². The van der Waals surface area contributed by atoms with Crippen molar-refractivity contribution in [1.29, 1.82) is 5.26 Å². The Morgan fingerprint density at radius 2 is 1.79 bits per heavy atom. The zero-order valence-electron chi connectivity index (χ0n) is 11.8. The third-order valence-electron chi connectivity index (χ3n) is 3.92. The van der Waals surface area contributed by atoms with E-state index in [9.17, 15) is 0 Å². The molecule has 1 aromatic carbocycles. The van der Waals surface area contributed by atoms with E-state index < -0.39 is 0 Å². The Labute approximate surface area is 116 Å². The maximum Gasteiger partial charge on any atom is 0.0991 e. The highest BCUT2D eigenvalue weighted by Gasteiger charge is 2.23. The van der Waals surface area contributed by atoms with Crippen molar-refractivity contribution in [3.63, 3.8) is 0 Å². The first-order chi connectivity index (χ1) is 9.11. The predicted octanol–water partition coefficient (Wildman–Crippen LogP) is 2.46. The fourth-order valence-electron chi connectivity index (χ4n) is 2.59. The molecule has 1 atom stereocenters. The molecule has 1 radical (unpaired) electrons. The number of hydrogen-bond donors (Lipinski definition) is 0. The van der Waals surface area contributed by atoms with Crippen molar-refractivity contribution in [1.82, 2.24) is 9.80 Å². The van der Waals surface area contributed by atoms with Gasteiger partial charge in [0.2, 0.25) is 0 Å². The van der Waals surface area contributed by atoms with Gasteiger partial charge < -0.3 is 0 Å². The Kier molecular flexibility index (Phi) is 4.57. The number of piperazine rings is 1. The molecule has 1 aliphatic heterocycles. The van der Waals surface area contributed by atoms with E-state index in [1.807, 2.05) is 18.2 Å². The second-order valence-corrected chi connectivity index (χ2v) is 5.42. The zero-order valence-corrected chi connectivity index (χ0v) is 11.8. The van der Waals surface area contributed by atoms with Crippen molar-refractivity contribution in [3.8, 4) is 6.07 Å². The number of nitrogens with zero attached hydrogens (tertiary/aromatic N) is 3. The van der Waals surface area contributed by atoms with E-state index in [1.54, 1.807) is 0 Å². The third kappa shape index (κ3) is 3.34. The van der Waals surface area contributed by atoms with Crippen molar-refractivity contribution in [2.75, 3.05) is 26.2 Å². The van der Waals surface area contributed by atoms with E-state index in [0.717, 1.165) is 31.7 Å². The summed E-state index contributed by atoms with van der Waals surface area (Å²) in [5.74, 6) is 0. The minimum absolute atomic E-state index is 0.141. The van der Waals surface area contributed by atoms with E-state index in [1.165, 1.54) is 0 Å². The zero-order chi connectivity index (χ0) is 13.8. The molecule has 1 unspecified atom stereocenters. The van der Waals surface area contributed by atoms with Crippen LogP contribution in [0.5, 0.6) is 0 Å². The van der Waals surface area contributed by atoms with Crippen LogP contribution in [0.1, 0.15) is 31.0 Å². The SMILES string of the molecule is [CH2]C(c1cccc(C#N)c1)N1CCN(C(C)C)CC1. The number of nitriles is 1. The molecule has 1 saturated heterocycles. The number of rotatable bonds is 3. The molecule has 0 bridgehead atoms. The van der Waals surface area contributed by atoms with Crippen LogP contribution in [0.15, 0.2) is 24.3 Å². The Hall–Kier alpha value is -1.37. The van der Waals surface area contributed by atoms with Gasteiger partial charge in [-0.15, -0.1) is 0 Å². The molecule has 1 fully saturated rings. The van der Waals surface area contributed by atoms with Crippen LogP contribution in [-0.2, 0) is 0 Å². The molecule has 0 saturated carbocycles. The summed E-state index contributed by atoms with van der Waals surface area (Å²) in [6.45, 7) is 13.1. The molecule has 3 heteroatoms. The summed E-state index contributed by atoms with van der Waals surface area (Å²) in [7, 11) is 0. The molecule has 0 amide bonds. The summed E-state index contributed by atoms with van der Waals surface area (Å²) in [6, 6.07) is 10.7. The molecule has 2 rings (SSSR count). The third-order valence-corrected chi connectivity index (χ3v) is 3.92. The maximum absolute atomic E-state index is 8.96. The van der Waals surface area contributed by atoms with Crippen LogP contribution in [0.4, 0.5) is 0 Å². The molecule has 0 aliphatic carbocycles. The highest BCUT2D eigenvalue weighted by Crippen LogP contribution is 2.22. The van der Waals surface area contributed by atoms with E-state index in [2.05, 4.69) is 42.7 Å². The van der Waals surface area contributed by atoms with Crippen LogP contribution in [0.25, 0.3) is 0 Å². The van der Waals surface area contributed by atoms with Crippen molar-refractivity contribution < 1.29 is 0 Å². The van der Waals surface area contributed by atoms with Crippen molar-refractivity contribution >= 4 is 0 Å². The molecule has 0 aromatic heterocycles. The summed E-state index contributed by atoms with van der Waals surface area (Å²) >= 11 is 0. The van der Waals surface area contributed by atoms with E-state index in [-0.39, 0.29) is 6.04 Å². The predicted molar refractivity (Wildman–Crippen MR) is 77.5 cm³/mol. The first-order valence-corrected chi connectivity index (χ1v) is 6.93. The minimum atomic E-state index is 0.141. The summed E-state index contributed by atoms with van der Waals surface area (Å²) in [5, 5.41) is 8.96. The molecule has 0 spiro atoms. The lowest BCUT2D eigenvalue weighted by molar-refractivity contribution is 0.0905. The lowest BCUT2D eigenvalue weighted by Crippen LogP contribution is -2.49. The van der Waals surface area contributed by atoms with Crippen LogP contribution < -0.4 is 0 Å². The normalized spacial score (nSPS) is 19.3. The number of hydrogen-bond acceptors (Lipinski definition) is 3. The van der Waals surface area contributed by atoms with Gasteiger partial charge in [-0.05, 0) is 38.5 Å². The Bertz CT molecular complexity index is 453. The highest BCUT2D eigenvalue weighted by atomic mass is 15.3. The smallest absolute Gasteiger partial charge is 0.0991 e. The van der Waals surface area contributed by atoms with Crippen molar-refractivity contribution in [3.05, 3.63) is 42.3 Å². The van der Waals surface area contributed by atoms with Crippen molar-refractivity contribution in [2.45, 2.75) is 25.9 Å². The van der Waals surface area contributed by atoms with Crippen LogP contribution in [0.3, 0.4) is 0 Å².